The first kappa shape index (κ1) is 10.0. The summed E-state index contributed by atoms with van der Waals surface area (Å²) >= 11 is 0. The molecular formula is C6H8F3NO. The van der Waals surface area contributed by atoms with Crippen molar-refractivity contribution in [2.24, 2.45) is 5.73 Å². The molecule has 0 unspecified atom stereocenters. The standard InChI is InChI=1S/C6H8F3NO/c7-6(8,9)4-2-1-3-5(10)11/h1,3H,2,4H2,(H2,10,11)/b3-1-. The molecule has 64 valence electrons. The van der Waals surface area contributed by atoms with Crippen LogP contribution < -0.4 is 5.73 Å². The van der Waals surface area contributed by atoms with Gasteiger partial charge in [0.05, 0.1) is 0 Å². The third-order valence-corrected chi connectivity index (χ3v) is 0.877. The fourth-order valence-electron chi connectivity index (χ4n) is 0.446. The van der Waals surface area contributed by atoms with Gasteiger partial charge in [-0.15, -0.1) is 0 Å². The number of amides is 1. The van der Waals surface area contributed by atoms with Crippen molar-refractivity contribution in [3.8, 4) is 0 Å². The van der Waals surface area contributed by atoms with Gasteiger partial charge in [-0.25, -0.2) is 0 Å². The third-order valence-electron chi connectivity index (χ3n) is 0.877. The van der Waals surface area contributed by atoms with Gasteiger partial charge >= 0.3 is 6.18 Å². The van der Waals surface area contributed by atoms with Crippen LogP contribution in [-0.4, -0.2) is 12.1 Å². The summed E-state index contributed by atoms with van der Waals surface area (Å²) in [5, 5.41) is 0. The largest absolute Gasteiger partial charge is 0.389 e. The Balaban J connectivity index is 3.50. The van der Waals surface area contributed by atoms with Crippen molar-refractivity contribution in [3.05, 3.63) is 12.2 Å². The van der Waals surface area contributed by atoms with Crippen LogP contribution in [0.3, 0.4) is 0 Å². The first-order valence-corrected chi connectivity index (χ1v) is 2.94. The molecule has 1 amide bonds. The lowest BCUT2D eigenvalue weighted by Crippen LogP contribution is -2.07. The molecule has 0 atom stereocenters. The number of allylic oxidation sites excluding steroid dienone is 1. The lowest BCUT2D eigenvalue weighted by molar-refractivity contribution is -0.133. The second kappa shape index (κ2) is 4.00. The SMILES string of the molecule is NC(=O)/C=C\CCC(F)(F)F. The minimum Gasteiger partial charge on any atom is -0.366 e. The second-order valence-electron chi connectivity index (χ2n) is 1.96. The average molecular weight is 167 g/mol. The van der Waals surface area contributed by atoms with Gasteiger partial charge in [0.25, 0.3) is 0 Å². The van der Waals surface area contributed by atoms with E-state index in [0.29, 0.717) is 0 Å². The molecule has 0 saturated heterocycles. The predicted molar refractivity (Wildman–Crippen MR) is 33.6 cm³/mol. The van der Waals surface area contributed by atoms with E-state index in [4.69, 9.17) is 0 Å². The number of halogens is 3. The van der Waals surface area contributed by atoms with Crippen LogP contribution in [-0.2, 0) is 4.79 Å². The van der Waals surface area contributed by atoms with E-state index >= 15 is 0 Å². The van der Waals surface area contributed by atoms with Gasteiger partial charge < -0.3 is 5.73 Å². The Kier molecular flexibility index (Phi) is 3.64. The molecule has 0 aliphatic heterocycles. The molecule has 0 bridgehead atoms. The van der Waals surface area contributed by atoms with Crippen molar-refractivity contribution in [1.82, 2.24) is 0 Å². The monoisotopic (exact) mass is 167 g/mol. The summed E-state index contributed by atoms with van der Waals surface area (Å²) in [5.41, 5.74) is 4.64. The summed E-state index contributed by atoms with van der Waals surface area (Å²) in [6.07, 6.45) is -3.26. The first-order valence-electron chi connectivity index (χ1n) is 2.94. The number of primary amides is 1. The lowest BCUT2D eigenvalue weighted by Gasteiger charge is -2.01. The van der Waals surface area contributed by atoms with E-state index in [0.717, 1.165) is 12.2 Å². The van der Waals surface area contributed by atoms with Crippen molar-refractivity contribution in [2.45, 2.75) is 19.0 Å². The molecule has 5 heteroatoms. The van der Waals surface area contributed by atoms with Crippen molar-refractivity contribution in [2.75, 3.05) is 0 Å². The van der Waals surface area contributed by atoms with Crippen LogP contribution in [0.1, 0.15) is 12.8 Å². The van der Waals surface area contributed by atoms with Crippen LogP contribution in [0.4, 0.5) is 13.2 Å². The molecule has 0 rings (SSSR count). The van der Waals surface area contributed by atoms with E-state index in [1.165, 1.54) is 0 Å². The maximum atomic E-state index is 11.4. The molecule has 0 fully saturated rings. The molecule has 11 heavy (non-hydrogen) atoms. The molecule has 0 radical (unpaired) electrons. The van der Waals surface area contributed by atoms with Crippen molar-refractivity contribution >= 4 is 5.91 Å². The molecule has 2 nitrogen and oxygen atoms in total. The van der Waals surface area contributed by atoms with E-state index in [1.807, 2.05) is 0 Å². The minimum absolute atomic E-state index is 0.202. The molecule has 2 N–H and O–H groups in total. The van der Waals surface area contributed by atoms with Crippen LogP contribution in [0.25, 0.3) is 0 Å². The van der Waals surface area contributed by atoms with Gasteiger partial charge in [-0.3, -0.25) is 4.79 Å². The molecule has 0 heterocycles. The number of carbonyl (C=O) groups is 1. The topological polar surface area (TPSA) is 43.1 Å². The quantitative estimate of drug-likeness (QED) is 0.634. The highest BCUT2D eigenvalue weighted by Crippen LogP contribution is 2.21. The van der Waals surface area contributed by atoms with E-state index < -0.39 is 18.5 Å². The molecule has 0 aliphatic carbocycles. The number of nitrogens with two attached hydrogens (primary N) is 1. The Bertz CT molecular complexity index is 162. The Morgan fingerprint density at radius 3 is 2.36 bits per heavy atom. The Morgan fingerprint density at radius 2 is 2.00 bits per heavy atom. The molecule has 0 aliphatic rings. The first-order chi connectivity index (χ1) is 4.92. The zero-order chi connectivity index (χ0) is 8.91. The number of hydrogen-bond donors (Lipinski definition) is 1. The van der Waals surface area contributed by atoms with E-state index in [2.05, 4.69) is 5.73 Å². The molecule has 0 aromatic carbocycles. The number of hydrogen-bond acceptors (Lipinski definition) is 1. The van der Waals surface area contributed by atoms with E-state index in [1.54, 1.807) is 0 Å². The summed E-state index contributed by atoms with van der Waals surface area (Å²) < 4.78 is 34.3. The fraction of sp³-hybridized carbons (Fsp3) is 0.500. The summed E-state index contributed by atoms with van der Waals surface area (Å²) in [5.74, 6) is -0.729. The predicted octanol–water partition coefficient (Wildman–Crippen LogP) is 1.37. The van der Waals surface area contributed by atoms with Crippen molar-refractivity contribution in [3.63, 3.8) is 0 Å². The molecule has 0 aromatic heterocycles. The van der Waals surface area contributed by atoms with Crippen LogP contribution >= 0.6 is 0 Å². The average Bonchev–Trinajstić information content (AvgIpc) is 1.78. The maximum absolute atomic E-state index is 11.4. The van der Waals surface area contributed by atoms with Gasteiger partial charge in [-0.2, -0.15) is 13.2 Å². The molecule has 0 saturated carbocycles. The van der Waals surface area contributed by atoms with Gasteiger partial charge in [-0.1, -0.05) is 6.08 Å². The van der Waals surface area contributed by atoms with Crippen LogP contribution in [0.15, 0.2) is 12.2 Å². The smallest absolute Gasteiger partial charge is 0.366 e. The van der Waals surface area contributed by atoms with Crippen LogP contribution in [0, 0.1) is 0 Å². The van der Waals surface area contributed by atoms with Crippen molar-refractivity contribution in [1.29, 1.82) is 0 Å². The normalized spacial score (nSPS) is 12.3. The maximum Gasteiger partial charge on any atom is 0.389 e. The summed E-state index contributed by atoms with van der Waals surface area (Å²) in [6.45, 7) is 0. The highest BCUT2D eigenvalue weighted by atomic mass is 19.4. The highest BCUT2D eigenvalue weighted by molar-refractivity contribution is 5.85. The van der Waals surface area contributed by atoms with Gasteiger partial charge in [0, 0.05) is 6.42 Å². The summed E-state index contributed by atoms with van der Waals surface area (Å²) in [7, 11) is 0. The molecule has 0 spiro atoms. The van der Waals surface area contributed by atoms with E-state index in [9.17, 15) is 18.0 Å². The highest BCUT2D eigenvalue weighted by Gasteiger charge is 2.25. The third kappa shape index (κ3) is 9.00. The minimum atomic E-state index is -4.16. The van der Waals surface area contributed by atoms with Gasteiger partial charge in [0.2, 0.25) is 5.91 Å². The molecular weight excluding hydrogens is 159 g/mol. The Hall–Kier alpha value is -1.00. The fourth-order valence-corrected chi connectivity index (χ4v) is 0.446. The van der Waals surface area contributed by atoms with Crippen LogP contribution in [0.2, 0.25) is 0 Å². The molecule has 0 aromatic rings. The number of alkyl halides is 3. The lowest BCUT2D eigenvalue weighted by atomic mass is 10.3. The Labute approximate surface area is 61.9 Å². The zero-order valence-electron chi connectivity index (χ0n) is 5.69. The summed E-state index contributed by atoms with van der Waals surface area (Å²) in [6, 6.07) is 0. The van der Waals surface area contributed by atoms with Crippen LogP contribution in [0.5, 0.6) is 0 Å². The van der Waals surface area contributed by atoms with Gasteiger partial charge in [-0.05, 0) is 12.5 Å². The zero-order valence-corrected chi connectivity index (χ0v) is 5.69. The number of carbonyl (C=O) groups excluding carboxylic acids is 1. The van der Waals surface area contributed by atoms with Gasteiger partial charge in [0.15, 0.2) is 0 Å². The summed E-state index contributed by atoms with van der Waals surface area (Å²) in [4.78, 5) is 9.98. The van der Waals surface area contributed by atoms with Gasteiger partial charge in [0.1, 0.15) is 0 Å². The van der Waals surface area contributed by atoms with E-state index in [-0.39, 0.29) is 6.42 Å². The Morgan fingerprint density at radius 1 is 1.45 bits per heavy atom. The second-order valence-corrected chi connectivity index (χ2v) is 1.96. The van der Waals surface area contributed by atoms with Crippen molar-refractivity contribution < 1.29 is 18.0 Å². The number of rotatable bonds is 3.